The van der Waals surface area contributed by atoms with Crippen LogP contribution >= 0.6 is 0 Å². The van der Waals surface area contributed by atoms with E-state index in [1.807, 2.05) is 0 Å². The van der Waals surface area contributed by atoms with Crippen LogP contribution in [0.5, 0.6) is 0 Å². The molecule has 0 heterocycles. The Bertz CT molecular complexity index is 3730. The molecule has 0 aliphatic carbocycles. The van der Waals surface area contributed by atoms with Crippen LogP contribution in [0.4, 0.5) is 0 Å². The molecule has 0 aliphatic rings. The molecule has 0 saturated carbocycles. The Labute approximate surface area is 285 Å². The summed E-state index contributed by atoms with van der Waals surface area (Å²) in [4.78, 5) is 0. The summed E-state index contributed by atoms with van der Waals surface area (Å²) < 4.78 is 250. The lowest BCUT2D eigenvalue weighted by molar-refractivity contribution is 1.62. The molecule has 0 unspecified atom stereocenters. The predicted octanol–water partition coefficient (Wildman–Crippen LogP) is 11.8. The third-order valence-corrected chi connectivity index (χ3v) is 6.44. The van der Waals surface area contributed by atoms with Crippen LogP contribution in [0.2, 0.25) is 0 Å². The fraction of sp³-hybridized carbons (Fsp3) is 0. The average molecular weight is 561 g/mol. The molecule has 0 nitrogen and oxygen atoms in total. The molecule has 0 fully saturated rings. The van der Waals surface area contributed by atoms with Crippen molar-refractivity contribution >= 4 is 32.3 Å². The van der Waals surface area contributed by atoms with Crippen LogP contribution in [-0.2, 0) is 0 Å². The zero-order chi connectivity index (χ0) is 52.2. The molecule has 0 saturated heterocycles. The summed E-state index contributed by atoms with van der Waals surface area (Å²) in [5, 5.41) is -4.63. The van der Waals surface area contributed by atoms with Crippen LogP contribution in [0, 0.1) is 0 Å². The van der Waals surface area contributed by atoms with E-state index in [1.165, 1.54) is 0 Å². The maximum Gasteiger partial charge on any atom is 0.0636 e. The Balaban J connectivity index is 1.80. The van der Waals surface area contributed by atoms with Gasteiger partial charge in [-0.15, -0.1) is 0 Å². The van der Waals surface area contributed by atoms with E-state index in [9.17, 15) is 9.60 Å². The lowest BCUT2D eigenvalue weighted by atomic mass is 9.84. The fourth-order valence-electron chi connectivity index (χ4n) is 4.69. The van der Waals surface area contributed by atoms with Crippen molar-refractivity contribution < 1.29 is 38.4 Å². The van der Waals surface area contributed by atoms with Gasteiger partial charge >= 0.3 is 0 Å². The normalized spacial score (nSPS) is 20.7. The number of fused-ring (bicyclic) bond motifs is 3. The third kappa shape index (κ3) is 4.08. The highest BCUT2D eigenvalue weighted by molar-refractivity contribution is 6.22. The van der Waals surface area contributed by atoms with Gasteiger partial charge in [-0.3, -0.25) is 0 Å². The summed E-state index contributed by atoms with van der Waals surface area (Å²) in [5.74, 6) is 0. The van der Waals surface area contributed by atoms with Crippen LogP contribution in [-0.4, -0.2) is 0 Å². The van der Waals surface area contributed by atoms with Crippen molar-refractivity contribution in [3.05, 3.63) is 169 Å². The molecular weight excluding hydrogens is 504 g/mol. The predicted molar refractivity (Wildman–Crippen MR) is 181 cm³/mol. The zero-order valence-electron chi connectivity index (χ0n) is 49.0. The molecule has 42 heavy (non-hydrogen) atoms. The largest absolute Gasteiger partial charge is 0.0636 e. The highest BCUT2D eigenvalue weighted by atomic mass is 14.2. The molecule has 0 radical (unpaired) electrons. The molecule has 0 atom stereocenters. The van der Waals surface area contributed by atoms with Crippen LogP contribution in [0.25, 0.3) is 76.8 Å². The first kappa shape index (κ1) is 9.02. The van der Waals surface area contributed by atoms with E-state index in [2.05, 4.69) is 0 Å². The minimum absolute atomic E-state index is 0.643. The van der Waals surface area contributed by atoms with E-state index in [0.29, 0.717) is 0 Å². The second kappa shape index (κ2) is 10.2. The van der Waals surface area contributed by atoms with Crippen LogP contribution in [0.15, 0.2) is 169 Å². The van der Waals surface area contributed by atoms with Crippen molar-refractivity contribution in [1.29, 1.82) is 0 Å². The first-order chi connectivity index (χ1) is 32.5. The summed E-state index contributed by atoms with van der Waals surface area (Å²) in [6, 6.07) is -28.1. The molecule has 0 heteroatoms. The summed E-state index contributed by atoms with van der Waals surface area (Å²) in [6.07, 6.45) is 0. The first-order valence-corrected chi connectivity index (χ1v) is 12.2. The summed E-state index contributed by atoms with van der Waals surface area (Å²) in [7, 11) is 0. The van der Waals surface area contributed by atoms with Gasteiger partial charge in [0.25, 0.3) is 0 Å². The van der Waals surface area contributed by atoms with Gasteiger partial charge in [0.2, 0.25) is 0 Å². The lowest BCUT2D eigenvalue weighted by Gasteiger charge is -2.19. The Morgan fingerprint density at radius 3 is 1.57 bits per heavy atom. The van der Waals surface area contributed by atoms with E-state index in [1.54, 1.807) is 0 Å². The van der Waals surface area contributed by atoms with Gasteiger partial charge in [-0.05, 0) is 88.9 Å². The van der Waals surface area contributed by atoms with Gasteiger partial charge in [0.15, 0.2) is 0 Å². The number of hydrogen-bond acceptors (Lipinski definition) is 0. The Hall–Kier alpha value is -5.46. The van der Waals surface area contributed by atoms with Crippen molar-refractivity contribution in [3.63, 3.8) is 0 Å². The first-order valence-electron chi connectivity index (χ1n) is 26.2. The second-order valence-electron chi connectivity index (χ2n) is 8.75. The summed E-state index contributed by atoms with van der Waals surface area (Å²) >= 11 is 0. The average Bonchev–Trinajstić information content (AvgIpc) is 3.32. The van der Waals surface area contributed by atoms with Crippen LogP contribution in [0.1, 0.15) is 38.4 Å². The lowest BCUT2D eigenvalue weighted by Crippen LogP contribution is -1.92. The minimum Gasteiger partial charge on any atom is -0.0622 e. The van der Waals surface area contributed by atoms with Crippen LogP contribution in [0.3, 0.4) is 0 Å². The minimum atomic E-state index is -1.14. The highest BCUT2D eigenvalue weighted by Gasteiger charge is 2.18. The number of rotatable bonds is 4. The molecule has 0 amide bonds. The van der Waals surface area contributed by atoms with E-state index in [4.69, 9.17) is 28.8 Å². The van der Waals surface area contributed by atoms with Gasteiger partial charge in [-0.25, -0.2) is 0 Å². The van der Waals surface area contributed by atoms with Gasteiger partial charge in [-0.2, -0.15) is 0 Å². The quantitative estimate of drug-likeness (QED) is 0.188. The molecule has 0 spiro atoms. The summed E-state index contributed by atoms with van der Waals surface area (Å²) in [5.41, 5.74) is -6.88. The van der Waals surface area contributed by atoms with Crippen molar-refractivity contribution in [2.45, 2.75) is 0 Å². The van der Waals surface area contributed by atoms with Crippen molar-refractivity contribution in [3.8, 4) is 44.5 Å². The third-order valence-electron chi connectivity index (χ3n) is 6.44. The van der Waals surface area contributed by atoms with E-state index in [0.717, 1.165) is 0 Å². The van der Waals surface area contributed by atoms with E-state index in [-0.39, 0.29) is 0 Å². The molecule has 0 N–H and O–H groups in total. The SMILES string of the molecule is [2H]c1c([2H])c([2H])c(-c2c([2H])c([2H])c3c(-c4c([2H])c([2H])c([2H])c([2H])c4[2H])c4c([2H])c([2H])c([2H])c([2H])c4c(-c4c([2H])c([2H])c([2H])c(-c5c([2H])c([2H])c([2H])c6c([2H])c([2H])c([2H])c([2H])c56)c4[2H])c3c2[2H])c([2H])c1[2H]. The second-order valence-corrected chi connectivity index (χ2v) is 8.75. The molecule has 8 aromatic carbocycles. The molecule has 0 bridgehead atoms. The molecule has 0 aliphatic heterocycles. The fourth-order valence-corrected chi connectivity index (χ4v) is 4.69. The van der Waals surface area contributed by atoms with Crippen LogP contribution < -0.4 is 0 Å². The van der Waals surface area contributed by atoms with Gasteiger partial charge < -0.3 is 0 Å². The number of benzene rings is 8. The van der Waals surface area contributed by atoms with Crippen molar-refractivity contribution in [2.24, 2.45) is 0 Å². The molecule has 8 aromatic rings. The Morgan fingerprint density at radius 1 is 0.286 bits per heavy atom. The maximum atomic E-state index is 9.92. The highest BCUT2D eigenvalue weighted by Crippen LogP contribution is 2.45. The zero-order valence-corrected chi connectivity index (χ0v) is 21.0. The molecule has 196 valence electrons. The topological polar surface area (TPSA) is 0 Å². The smallest absolute Gasteiger partial charge is 0.0622 e. The van der Waals surface area contributed by atoms with Gasteiger partial charge in [0, 0.05) is 0 Å². The van der Waals surface area contributed by atoms with E-state index < -0.39 is 246 Å². The van der Waals surface area contributed by atoms with E-state index >= 15 is 0 Å². The maximum absolute atomic E-state index is 9.92. The van der Waals surface area contributed by atoms with Gasteiger partial charge in [0.05, 0.1) is 38.4 Å². The Kier molecular flexibility index (Phi) is 2.19. The van der Waals surface area contributed by atoms with Crippen molar-refractivity contribution in [1.82, 2.24) is 0 Å². The van der Waals surface area contributed by atoms with Crippen molar-refractivity contribution in [2.75, 3.05) is 0 Å². The monoisotopic (exact) mass is 560 g/mol. The molecule has 0 aromatic heterocycles. The number of hydrogen-bond donors (Lipinski definition) is 0. The van der Waals surface area contributed by atoms with Gasteiger partial charge in [-0.1, -0.05) is 157 Å². The Morgan fingerprint density at radius 2 is 0.810 bits per heavy atom. The molecule has 8 rings (SSSR count). The standard InChI is InChI=1S/C42H28/c1-3-13-29(14-4-1)32-25-26-39-40(28-32)42(38-23-10-9-22-37(38)41(39)31-16-5-2-6-17-31)34-20-11-19-33(27-34)36-24-12-18-30-15-7-8-21-35(30)36/h1-28H/i1D,2D,3D,4D,5D,6D,7D,8D,9D,10D,11D,12D,13D,14D,15D,16D,17D,18D,19D,20D,21D,22D,23D,24D,25D,26D,27D,28D. The van der Waals surface area contributed by atoms with Gasteiger partial charge in [0.1, 0.15) is 0 Å². The molecular formula is C42H28. The summed E-state index contributed by atoms with van der Waals surface area (Å²) in [6.45, 7) is 0.